The van der Waals surface area contributed by atoms with Crippen molar-refractivity contribution in [3.05, 3.63) is 33.8 Å². The number of rotatable bonds is 3. The lowest BCUT2D eigenvalue weighted by Crippen LogP contribution is -2.42. The average Bonchev–Trinajstić information content (AvgIpc) is 2.34. The van der Waals surface area contributed by atoms with Crippen molar-refractivity contribution in [2.45, 2.75) is 18.6 Å². The van der Waals surface area contributed by atoms with Crippen LogP contribution >= 0.6 is 35.0 Å². The largest absolute Gasteiger partial charge is 0.375 e. The molecule has 1 heterocycles. The summed E-state index contributed by atoms with van der Waals surface area (Å²) in [6.07, 6.45) is 0.849. The van der Waals surface area contributed by atoms with Crippen LogP contribution in [-0.2, 0) is 11.2 Å². The fraction of sp³-hybridized carbons (Fsp3) is 0.500. The molecule has 2 nitrogen and oxygen atoms in total. The van der Waals surface area contributed by atoms with E-state index in [1.807, 2.05) is 23.9 Å². The Bertz CT molecular complexity index is 383. The molecule has 1 fully saturated rings. The van der Waals surface area contributed by atoms with Gasteiger partial charge in [0.05, 0.1) is 12.7 Å². The minimum Gasteiger partial charge on any atom is -0.375 e. The van der Waals surface area contributed by atoms with Crippen LogP contribution in [-0.4, -0.2) is 30.3 Å². The van der Waals surface area contributed by atoms with Crippen molar-refractivity contribution in [3.8, 4) is 0 Å². The molecular weight excluding hydrogens is 277 g/mol. The van der Waals surface area contributed by atoms with Gasteiger partial charge in [0.1, 0.15) is 0 Å². The van der Waals surface area contributed by atoms with Crippen molar-refractivity contribution in [1.82, 2.24) is 0 Å². The highest BCUT2D eigenvalue weighted by atomic mass is 35.5. The molecule has 1 aliphatic rings. The van der Waals surface area contributed by atoms with Crippen molar-refractivity contribution >= 4 is 35.0 Å². The van der Waals surface area contributed by atoms with Gasteiger partial charge in [0, 0.05) is 27.6 Å². The molecule has 0 saturated carbocycles. The number of hydrogen-bond donors (Lipinski definition) is 1. The maximum atomic E-state index is 6.16. The monoisotopic (exact) mass is 291 g/mol. The van der Waals surface area contributed by atoms with Crippen LogP contribution in [0, 0.1) is 0 Å². The fourth-order valence-corrected chi connectivity index (χ4v) is 3.27. The van der Waals surface area contributed by atoms with E-state index in [-0.39, 0.29) is 12.1 Å². The third kappa shape index (κ3) is 3.76. The molecule has 2 rings (SSSR count). The number of benzene rings is 1. The maximum Gasteiger partial charge on any atom is 0.0819 e. The van der Waals surface area contributed by atoms with E-state index < -0.39 is 0 Å². The van der Waals surface area contributed by atoms with Gasteiger partial charge in [0.25, 0.3) is 0 Å². The Morgan fingerprint density at radius 3 is 2.94 bits per heavy atom. The molecule has 5 heteroatoms. The molecule has 1 saturated heterocycles. The van der Waals surface area contributed by atoms with Crippen LogP contribution in [0.5, 0.6) is 0 Å². The third-order valence-electron chi connectivity index (χ3n) is 2.79. The van der Waals surface area contributed by atoms with Crippen molar-refractivity contribution in [2.75, 3.05) is 18.1 Å². The van der Waals surface area contributed by atoms with E-state index in [4.69, 9.17) is 33.7 Å². The molecule has 1 aliphatic heterocycles. The lowest BCUT2D eigenvalue weighted by molar-refractivity contribution is 0.0572. The van der Waals surface area contributed by atoms with Gasteiger partial charge in [-0.05, 0) is 24.1 Å². The predicted octanol–water partition coefficient (Wildman–Crippen LogP) is 3.00. The van der Waals surface area contributed by atoms with Crippen molar-refractivity contribution in [3.63, 3.8) is 0 Å². The van der Waals surface area contributed by atoms with Crippen molar-refractivity contribution < 1.29 is 4.74 Å². The van der Waals surface area contributed by atoms with Crippen LogP contribution < -0.4 is 5.73 Å². The summed E-state index contributed by atoms with van der Waals surface area (Å²) in [5.74, 6) is 2.03. The van der Waals surface area contributed by atoms with Gasteiger partial charge in [0.15, 0.2) is 0 Å². The van der Waals surface area contributed by atoms with E-state index in [2.05, 4.69) is 0 Å². The summed E-state index contributed by atoms with van der Waals surface area (Å²) < 4.78 is 5.66. The number of hydrogen-bond acceptors (Lipinski definition) is 3. The third-order valence-corrected chi connectivity index (χ3v) is 4.40. The Labute approximate surface area is 116 Å². The molecule has 1 aromatic rings. The minimum absolute atomic E-state index is 0.0125. The minimum atomic E-state index is -0.0125. The Morgan fingerprint density at radius 2 is 2.29 bits per heavy atom. The van der Waals surface area contributed by atoms with E-state index in [0.29, 0.717) is 10.0 Å². The zero-order valence-corrected chi connectivity index (χ0v) is 11.7. The predicted molar refractivity (Wildman–Crippen MR) is 75.2 cm³/mol. The van der Waals surface area contributed by atoms with Crippen molar-refractivity contribution in [2.24, 2.45) is 5.73 Å². The molecular formula is C12H15Cl2NOS. The van der Waals surface area contributed by atoms with Gasteiger partial charge >= 0.3 is 0 Å². The Balaban J connectivity index is 1.99. The number of thioether (sulfide) groups is 1. The second kappa shape index (κ2) is 6.30. The summed E-state index contributed by atoms with van der Waals surface area (Å²) in [6.45, 7) is 0.789. The lowest BCUT2D eigenvalue weighted by atomic mass is 10.0. The first-order valence-electron chi connectivity index (χ1n) is 5.55. The smallest absolute Gasteiger partial charge is 0.0819 e. The Kier molecular flexibility index (Phi) is 5.00. The standard InChI is InChI=1S/C12H15Cl2NOS/c13-9-2-1-8(10(14)6-9)5-11(15)12-7-17-4-3-16-12/h1-2,6,11-12H,3-5,7,15H2. The first-order chi connectivity index (χ1) is 8.16. The molecule has 0 spiro atoms. The molecule has 0 aromatic heterocycles. The molecule has 1 aromatic carbocycles. The molecule has 0 amide bonds. The molecule has 0 radical (unpaired) electrons. The second-order valence-electron chi connectivity index (χ2n) is 4.09. The van der Waals surface area contributed by atoms with Gasteiger partial charge in [0.2, 0.25) is 0 Å². The van der Waals surface area contributed by atoms with E-state index in [1.165, 1.54) is 0 Å². The van der Waals surface area contributed by atoms with Gasteiger partial charge in [-0.3, -0.25) is 0 Å². The van der Waals surface area contributed by atoms with Gasteiger partial charge < -0.3 is 10.5 Å². The molecule has 17 heavy (non-hydrogen) atoms. The van der Waals surface area contributed by atoms with Crippen LogP contribution in [0.4, 0.5) is 0 Å². The number of ether oxygens (including phenoxy) is 1. The molecule has 2 N–H and O–H groups in total. The number of halogens is 2. The normalized spacial score (nSPS) is 22.4. The zero-order chi connectivity index (χ0) is 12.3. The summed E-state index contributed by atoms with van der Waals surface area (Å²) in [6, 6.07) is 5.51. The van der Waals surface area contributed by atoms with Crippen LogP contribution in [0.1, 0.15) is 5.56 Å². The topological polar surface area (TPSA) is 35.2 Å². The van der Waals surface area contributed by atoms with Gasteiger partial charge in [-0.1, -0.05) is 29.3 Å². The van der Waals surface area contributed by atoms with E-state index in [9.17, 15) is 0 Å². The average molecular weight is 292 g/mol. The van der Waals surface area contributed by atoms with Gasteiger partial charge in [-0.2, -0.15) is 11.8 Å². The summed E-state index contributed by atoms with van der Waals surface area (Å²) in [4.78, 5) is 0. The SMILES string of the molecule is NC(Cc1ccc(Cl)cc1Cl)C1CSCCO1. The Hall–Kier alpha value is 0.0700. The maximum absolute atomic E-state index is 6.16. The van der Waals surface area contributed by atoms with Crippen molar-refractivity contribution in [1.29, 1.82) is 0 Å². The van der Waals surface area contributed by atoms with Crippen LogP contribution in [0.25, 0.3) is 0 Å². The molecule has 0 bridgehead atoms. The Morgan fingerprint density at radius 1 is 1.47 bits per heavy atom. The van der Waals surface area contributed by atoms with Crippen LogP contribution in [0.3, 0.4) is 0 Å². The molecule has 94 valence electrons. The highest BCUT2D eigenvalue weighted by molar-refractivity contribution is 7.99. The van der Waals surface area contributed by atoms with Gasteiger partial charge in [-0.25, -0.2) is 0 Å². The van der Waals surface area contributed by atoms with Gasteiger partial charge in [-0.15, -0.1) is 0 Å². The zero-order valence-electron chi connectivity index (χ0n) is 9.36. The molecule has 2 unspecified atom stereocenters. The van der Waals surface area contributed by atoms with E-state index in [0.717, 1.165) is 30.1 Å². The summed E-state index contributed by atoms with van der Waals surface area (Å²) in [5, 5.41) is 1.33. The first-order valence-corrected chi connectivity index (χ1v) is 7.47. The number of nitrogens with two attached hydrogens (primary N) is 1. The lowest BCUT2D eigenvalue weighted by Gasteiger charge is -2.27. The van der Waals surface area contributed by atoms with E-state index in [1.54, 1.807) is 6.07 Å². The van der Waals surface area contributed by atoms with E-state index >= 15 is 0 Å². The van der Waals surface area contributed by atoms with Crippen LogP contribution in [0.2, 0.25) is 10.0 Å². The fourth-order valence-electron chi connectivity index (χ4n) is 1.83. The highest BCUT2D eigenvalue weighted by Crippen LogP contribution is 2.24. The molecule has 0 aliphatic carbocycles. The highest BCUT2D eigenvalue weighted by Gasteiger charge is 2.22. The quantitative estimate of drug-likeness (QED) is 0.930. The first kappa shape index (κ1) is 13.5. The summed E-state index contributed by atoms with van der Waals surface area (Å²) >= 11 is 13.9. The second-order valence-corrected chi connectivity index (χ2v) is 6.08. The summed E-state index contributed by atoms with van der Waals surface area (Å²) in [5.41, 5.74) is 7.19. The van der Waals surface area contributed by atoms with Crippen LogP contribution in [0.15, 0.2) is 18.2 Å². The molecule has 2 atom stereocenters. The summed E-state index contributed by atoms with van der Waals surface area (Å²) in [7, 11) is 0.